The third kappa shape index (κ3) is 1.22. The Kier molecular flexibility index (Phi) is 1.65. The van der Waals surface area contributed by atoms with E-state index in [1.807, 2.05) is 11.9 Å². The molecule has 0 spiro atoms. The number of nitrogens with zero attached hydrogens (tertiary/aromatic N) is 3. The average Bonchev–Trinajstić information content (AvgIpc) is 2.51. The molecule has 0 aromatic carbocycles. The number of imidazole rings is 1. The van der Waals surface area contributed by atoms with Crippen LogP contribution in [0, 0.1) is 0 Å². The fourth-order valence-corrected chi connectivity index (χ4v) is 1.30. The minimum atomic E-state index is 0.000463. The van der Waals surface area contributed by atoms with E-state index in [2.05, 4.69) is 15.0 Å². The van der Waals surface area contributed by atoms with Crippen LogP contribution >= 0.6 is 0 Å². The lowest BCUT2D eigenvalue weighted by Crippen LogP contribution is -2.32. The van der Waals surface area contributed by atoms with Crippen molar-refractivity contribution in [3.63, 3.8) is 0 Å². The predicted molar refractivity (Wildman–Crippen MR) is 49.6 cm³/mol. The molecule has 0 amide bonds. The molecule has 0 aliphatic carbocycles. The first-order valence-electron chi connectivity index (χ1n) is 4.01. The van der Waals surface area contributed by atoms with Crippen LogP contribution < -0.4 is 4.90 Å². The number of carbonyl (C=O) groups excluding carboxylic acids is 1. The maximum absolute atomic E-state index is 11.1. The molecule has 2 rings (SSSR count). The lowest BCUT2D eigenvalue weighted by Gasteiger charge is -2.21. The summed E-state index contributed by atoms with van der Waals surface area (Å²) in [6.45, 7) is 2.06. The molecule has 0 radical (unpaired) electrons. The number of aromatic nitrogens is 2. The Bertz CT molecular complexity index is 379. The molecule has 2 heterocycles. The van der Waals surface area contributed by atoms with Crippen molar-refractivity contribution in [2.45, 2.75) is 6.92 Å². The third-order valence-corrected chi connectivity index (χ3v) is 2.02. The summed E-state index contributed by atoms with van der Waals surface area (Å²) in [5.74, 6) is 1.46. The summed E-state index contributed by atoms with van der Waals surface area (Å²) in [7, 11) is 1.90. The highest BCUT2D eigenvalue weighted by molar-refractivity contribution is 6.41. The molecule has 0 saturated heterocycles. The molecule has 5 heteroatoms. The van der Waals surface area contributed by atoms with Crippen LogP contribution in [0.5, 0.6) is 0 Å². The highest BCUT2D eigenvalue weighted by Gasteiger charge is 2.20. The van der Waals surface area contributed by atoms with Gasteiger partial charge in [0.25, 0.3) is 0 Å². The van der Waals surface area contributed by atoms with Crippen LogP contribution in [-0.2, 0) is 4.79 Å². The first-order valence-corrected chi connectivity index (χ1v) is 4.01. The maximum Gasteiger partial charge on any atom is 0.195 e. The monoisotopic (exact) mass is 178 g/mol. The molecule has 0 unspecified atom stereocenters. The van der Waals surface area contributed by atoms with Crippen molar-refractivity contribution in [3.05, 3.63) is 6.33 Å². The fourth-order valence-electron chi connectivity index (χ4n) is 1.30. The van der Waals surface area contributed by atoms with Crippen molar-refractivity contribution in [2.75, 3.05) is 18.5 Å². The first-order chi connectivity index (χ1) is 6.18. The van der Waals surface area contributed by atoms with Crippen LogP contribution in [-0.4, -0.2) is 35.1 Å². The second kappa shape index (κ2) is 2.69. The van der Waals surface area contributed by atoms with Crippen molar-refractivity contribution < 1.29 is 4.79 Å². The number of rotatable bonds is 1. The van der Waals surface area contributed by atoms with Gasteiger partial charge in [-0.2, -0.15) is 0 Å². The lowest BCUT2D eigenvalue weighted by molar-refractivity contribution is -0.111. The maximum atomic E-state index is 11.1. The topological polar surface area (TPSA) is 61.4 Å². The summed E-state index contributed by atoms with van der Waals surface area (Å²) in [5, 5.41) is 0. The molecule has 1 aliphatic heterocycles. The number of Topliss-reactive ketones (excluding diaryl/α,β-unsaturated/α-hetero) is 1. The number of carbonyl (C=O) groups is 1. The molecule has 0 atom stereocenters. The van der Waals surface area contributed by atoms with Gasteiger partial charge in [-0.05, 0) is 0 Å². The number of fused-ring (bicyclic) bond motifs is 1. The van der Waals surface area contributed by atoms with Gasteiger partial charge in [0.15, 0.2) is 17.4 Å². The summed E-state index contributed by atoms with van der Waals surface area (Å²) < 4.78 is 0. The Morgan fingerprint density at radius 3 is 3.15 bits per heavy atom. The average molecular weight is 178 g/mol. The largest absolute Gasteiger partial charge is 0.352 e. The number of aliphatic imine (C=N–C) groups is 1. The van der Waals surface area contributed by atoms with Crippen molar-refractivity contribution >= 4 is 23.1 Å². The Labute approximate surface area is 75.5 Å². The molecule has 1 aromatic rings. The minimum Gasteiger partial charge on any atom is -0.352 e. The molecule has 5 nitrogen and oxygen atoms in total. The van der Waals surface area contributed by atoms with Crippen molar-refractivity contribution in [3.8, 4) is 0 Å². The zero-order chi connectivity index (χ0) is 9.42. The first kappa shape index (κ1) is 7.97. The molecule has 1 aliphatic rings. The Balaban J connectivity index is 2.46. The van der Waals surface area contributed by atoms with Crippen LogP contribution in [0.1, 0.15) is 6.92 Å². The fraction of sp³-hybridized carbons (Fsp3) is 0.375. The van der Waals surface area contributed by atoms with Crippen LogP contribution in [0.4, 0.5) is 11.6 Å². The number of hydrogen-bond acceptors (Lipinski definition) is 4. The Hall–Kier alpha value is -1.65. The summed E-state index contributed by atoms with van der Waals surface area (Å²) >= 11 is 0. The summed E-state index contributed by atoms with van der Waals surface area (Å²) in [5.41, 5.74) is 0.558. The lowest BCUT2D eigenvalue weighted by atomic mass is 10.2. The van der Waals surface area contributed by atoms with Crippen molar-refractivity contribution in [2.24, 2.45) is 4.99 Å². The Morgan fingerprint density at radius 2 is 2.46 bits per heavy atom. The molecule has 0 saturated carbocycles. The van der Waals surface area contributed by atoms with E-state index in [0.29, 0.717) is 18.1 Å². The number of ketones is 1. The van der Waals surface area contributed by atoms with E-state index < -0.39 is 0 Å². The van der Waals surface area contributed by atoms with Gasteiger partial charge in [0.1, 0.15) is 5.71 Å². The minimum absolute atomic E-state index is 0.000463. The molecular weight excluding hydrogens is 168 g/mol. The predicted octanol–water partition coefficient (Wildman–Crippen LogP) is 0.521. The van der Waals surface area contributed by atoms with Crippen LogP contribution in [0.2, 0.25) is 0 Å². The van der Waals surface area contributed by atoms with E-state index in [4.69, 9.17) is 0 Å². The van der Waals surface area contributed by atoms with Crippen LogP contribution in [0.25, 0.3) is 0 Å². The molecular formula is C8H10N4O. The van der Waals surface area contributed by atoms with E-state index in [9.17, 15) is 4.79 Å². The molecule has 13 heavy (non-hydrogen) atoms. The van der Waals surface area contributed by atoms with E-state index in [1.54, 1.807) is 6.33 Å². The van der Waals surface area contributed by atoms with Gasteiger partial charge >= 0.3 is 0 Å². The number of aromatic amines is 1. The molecule has 0 bridgehead atoms. The highest BCUT2D eigenvalue weighted by atomic mass is 16.1. The van der Waals surface area contributed by atoms with Gasteiger partial charge in [-0.25, -0.2) is 9.98 Å². The van der Waals surface area contributed by atoms with Gasteiger partial charge in [-0.15, -0.1) is 0 Å². The molecule has 1 N–H and O–H groups in total. The van der Waals surface area contributed by atoms with Crippen molar-refractivity contribution in [1.29, 1.82) is 0 Å². The molecule has 0 fully saturated rings. The zero-order valence-corrected chi connectivity index (χ0v) is 7.53. The number of nitrogens with one attached hydrogen (secondary N) is 1. The van der Waals surface area contributed by atoms with E-state index >= 15 is 0 Å². The van der Waals surface area contributed by atoms with Gasteiger partial charge in [0.2, 0.25) is 0 Å². The summed E-state index contributed by atoms with van der Waals surface area (Å²) in [6.07, 6.45) is 1.58. The third-order valence-electron chi connectivity index (χ3n) is 2.02. The van der Waals surface area contributed by atoms with E-state index in [1.165, 1.54) is 6.92 Å². The van der Waals surface area contributed by atoms with E-state index in [0.717, 1.165) is 5.82 Å². The SMILES string of the molecule is CC(=O)C1=Nc2nc[nH]c2N(C)C1. The van der Waals surface area contributed by atoms with Gasteiger partial charge < -0.3 is 9.88 Å². The highest BCUT2D eigenvalue weighted by Crippen LogP contribution is 2.26. The van der Waals surface area contributed by atoms with Crippen LogP contribution in [0.15, 0.2) is 11.3 Å². The smallest absolute Gasteiger partial charge is 0.195 e. The van der Waals surface area contributed by atoms with Gasteiger partial charge in [-0.1, -0.05) is 0 Å². The van der Waals surface area contributed by atoms with Gasteiger partial charge in [0.05, 0.1) is 12.9 Å². The van der Waals surface area contributed by atoms with E-state index in [-0.39, 0.29) is 5.78 Å². The quantitative estimate of drug-likeness (QED) is 0.682. The zero-order valence-electron chi connectivity index (χ0n) is 7.53. The van der Waals surface area contributed by atoms with Gasteiger partial charge in [0, 0.05) is 14.0 Å². The van der Waals surface area contributed by atoms with Crippen LogP contribution in [0.3, 0.4) is 0 Å². The second-order valence-electron chi connectivity index (χ2n) is 3.05. The number of anilines is 1. The number of H-pyrrole nitrogens is 1. The second-order valence-corrected chi connectivity index (χ2v) is 3.05. The number of hydrogen-bond donors (Lipinski definition) is 1. The summed E-state index contributed by atoms with van der Waals surface area (Å²) in [4.78, 5) is 24.1. The standard InChI is InChI=1S/C8H10N4O/c1-5(13)6-3-12(2)8-7(11-6)9-4-10-8/h4H,3H2,1-2H3,(H,9,10). The van der Waals surface area contributed by atoms with Crippen molar-refractivity contribution in [1.82, 2.24) is 9.97 Å². The Morgan fingerprint density at radius 1 is 1.69 bits per heavy atom. The molecule has 68 valence electrons. The normalized spacial score (nSPS) is 15.2. The summed E-state index contributed by atoms with van der Waals surface area (Å²) in [6, 6.07) is 0. The molecule has 1 aromatic heterocycles. The van der Waals surface area contributed by atoms with Gasteiger partial charge in [-0.3, -0.25) is 4.79 Å².